The Bertz CT molecular complexity index is 1340. The van der Waals surface area contributed by atoms with Crippen molar-refractivity contribution in [2.24, 2.45) is 5.92 Å². The normalized spacial score (nSPS) is 16.9. The highest BCUT2D eigenvalue weighted by Crippen LogP contribution is 2.40. The van der Waals surface area contributed by atoms with Crippen LogP contribution in [0.5, 0.6) is 0 Å². The van der Waals surface area contributed by atoms with Gasteiger partial charge >= 0.3 is 4.87 Å². The standard InChI is InChI=1S/C21H21N5O3S2/c1-10(27)19(28)22-8-11-2-4-13-15(6-11)30-20-17(13)18(23-9-24-20)25-12-3-5-14-16(7-12)31-21(29)26-14/h3,5,7,9-11,27H,2,4,6,8H2,1H3,(H,22,28)(H,26,29)(H,23,24,25)/t10-,11?/m0/s1. The molecule has 0 fully saturated rings. The molecule has 0 saturated carbocycles. The molecule has 3 heterocycles. The molecule has 5 rings (SSSR count). The highest BCUT2D eigenvalue weighted by atomic mass is 32.1. The molecule has 0 saturated heterocycles. The molecule has 160 valence electrons. The highest BCUT2D eigenvalue weighted by molar-refractivity contribution is 7.19. The van der Waals surface area contributed by atoms with Crippen LogP contribution in [0.25, 0.3) is 20.4 Å². The summed E-state index contributed by atoms with van der Waals surface area (Å²) < 4.78 is 0.898. The van der Waals surface area contributed by atoms with Crippen LogP contribution in [0.4, 0.5) is 11.5 Å². The monoisotopic (exact) mass is 455 g/mol. The zero-order valence-corrected chi connectivity index (χ0v) is 18.4. The molecule has 3 aromatic heterocycles. The Labute approximate surface area is 185 Å². The van der Waals surface area contributed by atoms with Crippen LogP contribution in [0.2, 0.25) is 0 Å². The van der Waals surface area contributed by atoms with Crippen molar-refractivity contribution in [3.63, 3.8) is 0 Å². The van der Waals surface area contributed by atoms with Gasteiger partial charge in [-0.15, -0.1) is 11.3 Å². The zero-order valence-electron chi connectivity index (χ0n) is 16.8. The summed E-state index contributed by atoms with van der Waals surface area (Å²) in [6, 6.07) is 5.77. The Kier molecular flexibility index (Phi) is 5.20. The van der Waals surface area contributed by atoms with Gasteiger partial charge in [-0.05, 0) is 55.9 Å². The number of hydrogen-bond acceptors (Lipinski definition) is 8. The summed E-state index contributed by atoms with van der Waals surface area (Å²) in [5, 5.41) is 16.7. The Morgan fingerprint density at radius 1 is 1.35 bits per heavy atom. The lowest BCUT2D eigenvalue weighted by Gasteiger charge is -2.23. The number of anilines is 2. The first-order valence-electron chi connectivity index (χ1n) is 10.1. The van der Waals surface area contributed by atoms with Crippen molar-refractivity contribution >= 4 is 60.5 Å². The van der Waals surface area contributed by atoms with Gasteiger partial charge in [0.2, 0.25) is 5.91 Å². The predicted octanol–water partition coefficient (Wildman–Crippen LogP) is 2.94. The van der Waals surface area contributed by atoms with E-state index in [0.29, 0.717) is 12.5 Å². The molecule has 1 aromatic carbocycles. The molecule has 31 heavy (non-hydrogen) atoms. The van der Waals surface area contributed by atoms with Gasteiger partial charge in [0.1, 0.15) is 23.1 Å². The van der Waals surface area contributed by atoms with E-state index >= 15 is 0 Å². The Morgan fingerprint density at radius 2 is 2.23 bits per heavy atom. The number of carbonyl (C=O) groups is 1. The third-order valence-electron chi connectivity index (χ3n) is 5.58. The van der Waals surface area contributed by atoms with E-state index in [-0.39, 0.29) is 10.8 Å². The van der Waals surface area contributed by atoms with Gasteiger partial charge in [-0.2, -0.15) is 0 Å². The number of nitrogens with one attached hydrogen (secondary N) is 3. The Hall–Kier alpha value is -2.82. The van der Waals surface area contributed by atoms with Crippen LogP contribution in [0.1, 0.15) is 23.8 Å². The second-order valence-corrected chi connectivity index (χ2v) is 9.88. The molecule has 0 aliphatic heterocycles. The maximum absolute atomic E-state index is 11.7. The van der Waals surface area contributed by atoms with E-state index < -0.39 is 6.10 Å². The summed E-state index contributed by atoms with van der Waals surface area (Å²) in [5.41, 5.74) is 2.97. The lowest BCUT2D eigenvalue weighted by atomic mass is 9.87. The number of amides is 1. The number of rotatable bonds is 5. The van der Waals surface area contributed by atoms with Crippen molar-refractivity contribution in [2.45, 2.75) is 32.3 Å². The molecule has 1 aliphatic rings. The molecular formula is C21H21N5O3S2. The Morgan fingerprint density at radius 3 is 3.06 bits per heavy atom. The number of aromatic amines is 1. The highest BCUT2D eigenvalue weighted by Gasteiger charge is 2.26. The first kappa shape index (κ1) is 20.1. The number of H-pyrrole nitrogens is 1. The van der Waals surface area contributed by atoms with Gasteiger partial charge in [-0.25, -0.2) is 9.97 Å². The summed E-state index contributed by atoms with van der Waals surface area (Å²) in [7, 11) is 0. The third kappa shape index (κ3) is 3.93. The van der Waals surface area contributed by atoms with Gasteiger partial charge in [0.15, 0.2) is 0 Å². The van der Waals surface area contributed by atoms with E-state index in [4.69, 9.17) is 0 Å². The minimum Gasteiger partial charge on any atom is -0.384 e. The fourth-order valence-corrected chi connectivity index (χ4v) is 6.08. The average Bonchev–Trinajstić information content (AvgIpc) is 3.30. The van der Waals surface area contributed by atoms with Crippen molar-refractivity contribution in [1.29, 1.82) is 0 Å². The van der Waals surface area contributed by atoms with Crippen LogP contribution in [0.15, 0.2) is 29.3 Å². The van der Waals surface area contributed by atoms with E-state index in [0.717, 1.165) is 51.2 Å². The maximum atomic E-state index is 11.7. The molecule has 1 aliphatic carbocycles. The SMILES string of the molecule is C[C@H](O)C(=O)NCC1CCc2c(sc3ncnc(Nc4ccc5[nH]c(=O)sc5c4)c23)C1. The lowest BCUT2D eigenvalue weighted by Crippen LogP contribution is -2.37. The van der Waals surface area contributed by atoms with Crippen LogP contribution in [-0.4, -0.2) is 38.6 Å². The quantitative estimate of drug-likeness (QED) is 0.367. The zero-order chi connectivity index (χ0) is 21.5. The van der Waals surface area contributed by atoms with Crippen LogP contribution in [0.3, 0.4) is 0 Å². The molecule has 0 spiro atoms. The van der Waals surface area contributed by atoms with Crippen molar-refractivity contribution in [3.05, 3.63) is 44.6 Å². The number of aryl methyl sites for hydroxylation is 1. The van der Waals surface area contributed by atoms with Gasteiger partial charge < -0.3 is 20.7 Å². The average molecular weight is 456 g/mol. The molecule has 4 aromatic rings. The van der Waals surface area contributed by atoms with Gasteiger partial charge in [-0.3, -0.25) is 9.59 Å². The second kappa shape index (κ2) is 8.03. The number of thiophene rings is 1. The second-order valence-electron chi connectivity index (χ2n) is 7.79. The number of aliphatic hydroxyl groups excluding tert-OH is 1. The molecule has 1 unspecified atom stereocenters. The summed E-state index contributed by atoms with van der Waals surface area (Å²) >= 11 is 2.86. The van der Waals surface area contributed by atoms with E-state index in [9.17, 15) is 14.7 Å². The fraction of sp³-hybridized carbons (Fsp3) is 0.333. The minimum atomic E-state index is -0.987. The predicted molar refractivity (Wildman–Crippen MR) is 123 cm³/mol. The third-order valence-corrected chi connectivity index (χ3v) is 7.58. The van der Waals surface area contributed by atoms with Crippen molar-refractivity contribution < 1.29 is 9.90 Å². The number of aromatic nitrogens is 3. The largest absolute Gasteiger partial charge is 0.384 e. The topological polar surface area (TPSA) is 120 Å². The molecule has 4 N–H and O–H groups in total. The number of nitrogens with zero attached hydrogens (tertiary/aromatic N) is 2. The number of thiazole rings is 1. The first-order valence-corrected chi connectivity index (χ1v) is 11.7. The number of benzene rings is 1. The summed E-state index contributed by atoms with van der Waals surface area (Å²) in [4.78, 5) is 37.2. The molecular weight excluding hydrogens is 434 g/mol. The van der Waals surface area contributed by atoms with Crippen molar-refractivity contribution in [1.82, 2.24) is 20.3 Å². The van der Waals surface area contributed by atoms with Crippen LogP contribution in [0, 0.1) is 5.92 Å². The molecule has 2 atom stereocenters. The van der Waals surface area contributed by atoms with E-state index in [1.54, 1.807) is 17.7 Å². The minimum absolute atomic E-state index is 0.0670. The number of fused-ring (bicyclic) bond motifs is 4. The van der Waals surface area contributed by atoms with Crippen LogP contribution < -0.4 is 15.5 Å². The van der Waals surface area contributed by atoms with Gasteiger partial charge in [-0.1, -0.05) is 11.3 Å². The molecule has 0 radical (unpaired) electrons. The summed E-state index contributed by atoms with van der Waals surface area (Å²) in [6.45, 7) is 2.04. The fourth-order valence-electron chi connectivity index (χ4n) is 4.00. The summed E-state index contributed by atoms with van der Waals surface area (Å²) in [6.07, 6.45) is 3.31. The van der Waals surface area contributed by atoms with E-state index in [1.165, 1.54) is 28.7 Å². The smallest absolute Gasteiger partial charge is 0.305 e. The number of hydrogen-bond donors (Lipinski definition) is 4. The van der Waals surface area contributed by atoms with Crippen molar-refractivity contribution in [2.75, 3.05) is 11.9 Å². The van der Waals surface area contributed by atoms with Crippen LogP contribution in [-0.2, 0) is 17.6 Å². The van der Waals surface area contributed by atoms with E-state index in [1.807, 2.05) is 18.2 Å². The number of aliphatic hydroxyl groups is 1. The molecule has 1 amide bonds. The van der Waals surface area contributed by atoms with Crippen molar-refractivity contribution in [3.8, 4) is 0 Å². The van der Waals surface area contributed by atoms with Gasteiger partial charge in [0.05, 0.1) is 15.6 Å². The maximum Gasteiger partial charge on any atom is 0.305 e. The van der Waals surface area contributed by atoms with E-state index in [2.05, 4.69) is 25.6 Å². The lowest BCUT2D eigenvalue weighted by molar-refractivity contribution is -0.128. The summed E-state index contributed by atoms with van der Waals surface area (Å²) in [5.74, 6) is 0.779. The number of carbonyl (C=O) groups excluding carboxylic acids is 1. The van der Waals surface area contributed by atoms with Gasteiger partial charge in [0.25, 0.3) is 0 Å². The van der Waals surface area contributed by atoms with Crippen LogP contribution >= 0.6 is 22.7 Å². The molecule has 8 nitrogen and oxygen atoms in total. The molecule has 0 bridgehead atoms. The first-order chi connectivity index (χ1) is 15.0. The van der Waals surface area contributed by atoms with Gasteiger partial charge in [0, 0.05) is 17.1 Å². The Balaban J connectivity index is 1.41. The molecule has 10 heteroatoms.